The van der Waals surface area contributed by atoms with Crippen LogP contribution in [0.15, 0.2) is 60.8 Å². The number of carbonyl (C=O) groups is 1. The van der Waals surface area contributed by atoms with Gasteiger partial charge in [-0.1, -0.05) is 42.5 Å². The van der Waals surface area contributed by atoms with Crippen molar-refractivity contribution < 1.29 is 9.53 Å². The van der Waals surface area contributed by atoms with E-state index in [0.29, 0.717) is 24.5 Å². The molecule has 0 aliphatic heterocycles. The average molecular weight is 359 g/mol. The van der Waals surface area contributed by atoms with Gasteiger partial charge in [-0.25, -0.2) is 9.97 Å². The Morgan fingerprint density at radius 1 is 1.07 bits per heavy atom. The molecule has 0 radical (unpaired) electrons. The van der Waals surface area contributed by atoms with E-state index in [9.17, 15) is 4.79 Å². The molecule has 2 aromatic carbocycles. The van der Waals surface area contributed by atoms with Crippen molar-refractivity contribution in [1.82, 2.24) is 9.97 Å². The molecule has 1 N–H and O–H groups in total. The zero-order valence-electron chi connectivity index (χ0n) is 15.2. The molecule has 5 heteroatoms. The van der Waals surface area contributed by atoms with E-state index < -0.39 is 0 Å². The molecule has 1 aromatic heterocycles. The van der Waals surface area contributed by atoms with Gasteiger partial charge in [0, 0.05) is 19.2 Å². The molecule has 0 amide bonds. The Balaban J connectivity index is 1.52. The highest BCUT2D eigenvalue weighted by Gasteiger charge is 2.28. The lowest BCUT2D eigenvalue weighted by molar-refractivity contribution is 0.0962. The van der Waals surface area contributed by atoms with Gasteiger partial charge >= 0.3 is 0 Å². The molecule has 1 aliphatic rings. The lowest BCUT2D eigenvalue weighted by Gasteiger charge is -2.23. The lowest BCUT2D eigenvalue weighted by Crippen LogP contribution is -2.21. The van der Waals surface area contributed by atoms with Crippen LogP contribution in [0.25, 0.3) is 0 Å². The second-order valence-electron chi connectivity index (χ2n) is 6.69. The molecule has 5 nitrogen and oxygen atoms in total. The van der Waals surface area contributed by atoms with Crippen LogP contribution in [-0.2, 0) is 13.0 Å². The molecular formula is C22H21N3O2. The molecule has 1 atom stereocenters. The van der Waals surface area contributed by atoms with Crippen molar-refractivity contribution in [2.75, 3.05) is 12.4 Å². The standard InChI is InChI=1S/C22H21N3O2/c1-27-18-9-7-16(8-10-18)17-11-20-19(21(26)12-17)14-24-22(25-20)23-13-15-5-3-2-4-6-15/h2-10,14,17H,11-13H2,1H3,(H,23,24,25)/t17-/m0/s1. The van der Waals surface area contributed by atoms with Crippen LogP contribution in [-0.4, -0.2) is 22.9 Å². The zero-order chi connectivity index (χ0) is 18.6. The maximum atomic E-state index is 12.6. The van der Waals surface area contributed by atoms with Gasteiger partial charge in [-0.15, -0.1) is 0 Å². The van der Waals surface area contributed by atoms with Gasteiger partial charge in [-0.05, 0) is 35.6 Å². The molecule has 0 saturated carbocycles. The number of ether oxygens (including phenoxy) is 1. The molecule has 0 fully saturated rings. The van der Waals surface area contributed by atoms with Crippen molar-refractivity contribution in [2.24, 2.45) is 0 Å². The van der Waals surface area contributed by atoms with E-state index in [2.05, 4.69) is 27.4 Å². The van der Waals surface area contributed by atoms with Crippen molar-refractivity contribution in [3.8, 4) is 5.75 Å². The monoisotopic (exact) mass is 359 g/mol. The van der Waals surface area contributed by atoms with Crippen LogP contribution in [0.2, 0.25) is 0 Å². The Morgan fingerprint density at radius 2 is 1.85 bits per heavy atom. The van der Waals surface area contributed by atoms with E-state index in [1.54, 1.807) is 13.3 Å². The fourth-order valence-electron chi connectivity index (χ4n) is 3.42. The van der Waals surface area contributed by atoms with E-state index in [0.717, 1.165) is 29.0 Å². The molecule has 0 unspecified atom stereocenters. The maximum Gasteiger partial charge on any atom is 0.223 e. The fraction of sp³-hybridized carbons (Fsp3) is 0.227. The highest BCUT2D eigenvalue weighted by molar-refractivity contribution is 5.98. The molecule has 1 heterocycles. The van der Waals surface area contributed by atoms with Crippen LogP contribution < -0.4 is 10.1 Å². The maximum absolute atomic E-state index is 12.6. The smallest absolute Gasteiger partial charge is 0.223 e. The first-order valence-electron chi connectivity index (χ1n) is 9.04. The number of aromatic nitrogens is 2. The number of nitrogens with zero attached hydrogens (tertiary/aromatic N) is 2. The summed E-state index contributed by atoms with van der Waals surface area (Å²) in [7, 11) is 1.65. The summed E-state index contributed by atoms with van der Waals surface area (Å²) in [4.78, 5) is 21.5. The van der Waals surface area contributed by atoms with E-state index in [4.69, 9.17) is 4.74 Å². The molecular weight excluding hydrogens is 338 g/mol. The van der Waals surface area contributed by atoms with Crippen LogP contribution in [0.5, 0.6) is 5.75 Å². The summed E-state index contributed by atoms with van der Waals surface area (Å²) in [6.45, 7) is 0.648. The third-order valence-electron chi connectivity index (χ3n) is 4.92. The second-order valence-corrected chi connectivity index (χ2v) is 6.69. The number of benzene rings is 2. The normalized spacial score (nSPS) is 15.9. The molecule has 0 bridgehead atoms. The third kappa shape index (κ3) is 3.82. The van der Waals surface area contributed by atoms with Gasteiger partial charge in [0.25, 0.3) is 0 Å². The predicted octanol–water partition coefficient (Wildman–Crippen LogP) is 4.01. The molecule has 1 aliphatic carbocycles. The largest absolute Gasteiger partial charge is 0.497 e. The molecule has 0 saturated heterocycles. The SMILES string of the molecule is COc1ccc([C@@H]2CC(=O)c3cnc(NCc4ccccc4)nc3C2)cc1. The average Bonchev–Trinajstić information content (AvgIpc) is 2.73. The summed E-state index contributed by atoms with van der Waals surface area (Å²) in [6, 6.07) is 18.0. The molecule has 0 spiro atoms. The highest BCUT2D eigenvalue weighted by Crippen LogP contribution is 2.32. The Hall–Kier alpha value is -3.21. The van der Waals surface area contributed by atoms with Gasteiger partial charge in [0.2, 0.25) is 5.95 Å². The van der Waals surface area contributed by atoms with Crippen molar-refractivity contribution >= 4 is 11.7 Å². The number of rotatable bonds is 5. The van der Waals surface area contributed by atoms with Gasteiger partial charge in [0.1, 0.15) is 5.75 Å². The Bertz CT molecular complexity index is 940. The number of carbonyl (C=O) groups excluding carboxylic acids is 1. The van der Waals surface area contributed by atoms with Gasteiger partial charge in [0.05, 0.1) is 18.4 Å². The summed E-state index contributed by atoms with van der Waals surface area (Å²) in [5, 5.41) is 3.25. The first-order valence-corrected chi connectivity index (χ1v) is 9.04. The number of hydrogen-bond acceptors (Lipinski definition) is 5. The number of anilines is 1. The summed E-state index contributed by atoms with van der Waals surface area (Å²) in [5.41, 5.74) is 3.75. The second kappa shape index (κ2) is 7.58. The minimum atomic E-state index is 0.103. The van der Waals surface area contributed by atoms with E-state index in [1.165, 1.54) is 0 Å². The minimum absolute atomic E-state index is 0.103. The quantitative estimate of drug-likeness (QED) is 0.746. The Morgan fingerprint density at radius 3 is 2.59 bits per heavy atom. The van der Waals surface area contributed by atoms with E-state index in [-0.39, 0.29) is 11.7 Å². The third-order valence-corrected chi connectivity index (χ3v) is 4.92. The summed E-state index contributed by atoms with van der Waals surface area (Å²) < 4.78 is 5.22. The molecule has 4 rings (SSSR count). The summed E-state index contributed by atoms with van der Waals surface area (Å²) >= 11 is 0. The van der Waals surface area contributed by atoms with Crippen LogP contribution in [0.4, 0.5) is 5.95 Å². The van der Waals surface area contributed by atoms with Crippen molar-refractivity contribution in [1.29, 1.82) is 0 Å². The zero-order valence-corrected chi connectivity index (χ0v) is 15.2. The Labute approximate surface area is 158 Å². The Kier molecular flexibility index (Phi) is 4.83. The van der Waals surface area contributed by atoms with Gasteiger partial charge < -0.3 is 10.1 Å². The van der Waals surface area contributed by atoms with E-state index in [1.807, 2.05) is 42.5 Å². The molecule has 3 aromatic rings. The van der Waals surface area contributed by atoms with E-state index >= 15 is 0 Å². The number of ketones is 1. The number of Topliss-reactive ketones (excluding diaryl/α,β-unsaturated/α-hetero) is 1. The first kappa shape index (κ1) is 17.2. The number of hydrogen-bond donors (Lipinski definition) is 1. The summed E-state index contributed by atoms with van der Waals surface area (Å²) in [6.07, 6.45) is 2.87. The van der Waals surface area contributed by atoms with Crippen LogP contribution >= 0.6 is 0 Å². The topological polar surface area (TPSA) is 64.1 Å². The first-order chi connectivity index (χ1) is 13.2. The lowest BCUT2D eigenvalue weighted by atomic mass is 9.82. The van der Waals surface area contributed by atoms with Gasteiger partial charge in [-0.2, -0.15) is 0 Å². The number of fused-ring (bicyclic) bond motifs is 1. The van der Waals surface area contributed by atoms with Gasteiger partial charge in [0.15, 0.2) is 5.78 Å². The van der Waals surface area contributed by atoms with Crippen LogP contribution in [0.1, 0.15) is 39.5 Å². The molecule has 27 heavy (non-hydrogen) atoms. The fourth-order valence-corrected chi connectivity index (χ4v) is 3.42. The highest BCUT2D eigenvalue weighted by atomic mass is 16.5. The summed E-state index contributed by atoms with van der Waals surface area (Å²) in [5.74, 6) is 1.61. The minimum Gasteiger partial charge on any atom is -0.497 e. The van der Waals surface area contributed by atoms with Crippen LogP contribution in [0, 0.1) is 0 Å². The van der Waals surface area contributed by atoms with Gasteiger partial charge in [-0.3, -0.25) is 4.79 Å². The van der Waals surface area contributed by atoms with Crippen LogP contribution in [0.3, 0.4) is 0 Å². The molecule has 136 valence electrons. The van der Waals surface area contributed by atoms with Crippen molar-refractivity contribution in [3.63, 3.8) is 0 Å². The number of methoxy groups -OCH3 is 1. The predicted molar refractivity (Wildman–Crippen MR) is 104 cm³/mol. The van der Waals surface area contributed by atoms with Crippen molar-refractivity contribution in [3.05, 3.63) is 83.2 Å². The number of nitrogens with one attached hydrogen (secondary N) is 1. The van der Waals surface area contributed by atoms with Crippen molar-refractivity contribution in [2.45, 2.75) is 25.3 Å².